The summed E-state index contributed by atoms with van der Waals surface area (Å²) >= 11 is 0. The van der Waals surface area contributed by atoms with E-state index < -0.39 is 0 Å². The summed E-state index contributed by atoms with van der Waals surface area (Å²) in [5, 5.41) is 8.15. The zero-order valence-corrected chi connectivity index (χ0v) is 7.26. The lowest BCUT2D eigenvalue weighted by molar-refractivity contribution is 0.238. The molecule has 0 N–H and O–H groups in total. The summed E-state index contributed by atoms with van der Waals surface area (Å²) in [6.07, 6.45) is 0. The third kappa shape index (κ3) is 1.36. The molecule has 0 bridgehead atoms. The fourth-order valence-corrected chi connectivity index (χ4v) is 1.49. The van der Waals surface area contributed by atoms with Gasteiger partial charge in [-0.2, -0.15) is 10.2 Å². The molecule has 10 heavy (non-hydrogen) atoms. The second kappa shape index (κ2) is 2.33. The van der Waals surface area contributed by atoms with Crippen molar-refractivity contribution in [1.82, 2.24) is 0 Å². The molecule has 0 fully saturated rings. The Morgan fingerprint density at radius 2 is 1.90 bits per heavy atom. The van der Waals surface area contributed by atoms with Gasteiger partial charge in [0.05, 0.1) is 12.6 Å². The normalized spacial score (nSPS) is 33.2. The van der Waals surface area contributed by atoms with Gasteiger partial charge in [-0.05, 0) is 12.3 Å². The van der Waals surface area contributed by atoms with E-state index in [1.54, 1.807) is 0 Å². The minimum absolute atomic E-state index is 0.364. The molecule has 0 radical (unpaired) electrons. The van der Waals surface area contributed by atoms with Crippen LogP contribution in [0.4, 0.5) is 0 Å². The third-order valence-corrected chi connectivity index (χ3v) is 2.24. The molecule has 0 spiro atoms. The van der Waals surface area contributed by atoms with Crippen LogP contribution in [0.15, 0.2) is 10.2 Å². The van der Waals surface area contributed by atoms with Gasteiger partial charge in [-0.15, -0.1) is 0 Å². The maximum atomic E-state index is 4.11. The Hall–Kier alpha value is -0.400. The lowest BCUT2D eigenvalue weighted by Crippen LogP contribution is -2.28. The highest BCUT2D eigenvalue weighted by molar-refractivity contribution is 4.86. The second-order valence-corrected chi connectivity index (χ2v) is 4.15. The van der Waals surface area contributed by atoms with Gasteiger partial charge in [0.1, 0.15) is 0 Å². The summed E-state index contributed by atoms with van der Waals surface area (Å²) in [5.41, 5.74) is 0.364. The van der Waals surface area contributed by atoms with E-state index in [1.807, 2.05) is 0 Å². The summed E-state index contributed by atoms with van der Waals surface area (Å²) < 4.78 is 0. The van der Waals surface area contributed by atoms with Crippen LogP contribution in [0.1, 0.15) is 27.7 Å². The van der Waals surface area contributed by atoms with Crippen LogP contribution < -0.4 is 0 Å². The Morgan fingerprint density at radius 3 is 2.10 bits per heavy atom. The van der Waals surface area contributed by atoms with Crippen LogP contribution in [-0.4, -0.2) is 12.6 Å². The molecule has 1 aliphatic rings. The molecule has 2 heteroatoms. The third-order valence-electron chi connectivity index (χ3n) is 2.24. The van der Waals surface area contributed by atoms with Crippen molar-refractivity contribution in [3.05, 3.63) is 0 Å². The molecule has 0 saturated carbocycles. The predicted molar refractivity (Wildman–Crippen MR) is 42.1 cm³/mol. The van der Waals surface area contributed by atoms with Gasteiger partial charge >= 0.3 is 0 Å². The van der Waals surface area contributed by atoms with Crippen molar-refractivity contribution >= 4 is 0 Å². The van der Waals surface area contributed by atoms with Crippen molar-refractivity contribution < 1.29 is 0 Å². The van der Waals surface area contributed by atoms with E-state index in [-0.39, 0.29) is 0 Å². The van der Waals surface area contributed by atoms with Crippen LogP contribution in [0.25, 0.3) is 0 Å². The van der Waals surface area contributed by atoms with E-state index in [9.17, 15) is 0 Å². The molecular weight excluding hydrogens is 124 g/mol. The maximum absolute atomic E-state index is 4.11. The van der Waals surface area contributed by atoms with E-state index in [4.69, 9.17) is 0 Å². The van der Waals surface area contributed by atoms with Crippen molar-refractivity contribution in [3.63, 3.8) is 0 Å². The maximum Gasteiger partial charge on any atom is 0.0731 e. The van der Waals surface area contributed by atoms with E-state index >= 15 is 0 Å². The van der Waals surface area contributed by atoms with Gasteiger partial charge in [-0.1, -0.05) is 20.8 Å². The zero-order chi connectivity index (χ0) is 7.78. The molecule has 1 heterocycles. The van der Waals surface area contributed by atoms with Crippen molar-refractivity contribution in [3.8, 4) is 0 Å². The first-order valence-electron chi connectivity index (χ1n) is 3.88. The van der Waals surface area contributed by atoms with Gasteiger partial charge in [0.2, 0.25) is 0 Å². The number of hydrogen-bond donors (Lipinski definition) is 0. The van der Waals surface area contributed by atoms with Crippen molar-refractivity contribution in [1.29, 1.82) is 0 Å². The fraction of sp³-hybridized carbons (Fsp3) is 1.00. The average molecular weight is 140 g/mol. The number of hydrogen-bond acceptors (Lipinski definition) is 2. The molecule has 2 nitrogen and oxygen atoms in total. The van der Waals surface area contributed by atoms with E-state index in [0.29, 0.717) is 17.4 Å². The Labute approximate surface area is 62.7 Å². The Bertz CT molecular complexity index is 144. The minimum Gasteiger partial charge on any atom is -0.194 e. The van der Waals surface area contributed by atoms with Crippen molar-refractivity contribution in [2.24, 2.45) is 21.6 Å². The van der Waals surface area contributed by atoms with Crippen molar-refractivity contribution in [2.45, 2.75) is 33.7 Å². The van der Waals surface area contributed by atoms with Gasteiger partial charge in [0, 0.05) is 5.92 Å². The molecule has 1 rings (SSSR count). The summed E-state index contributed by atoms with van der Waals surface area (Å²) in [4.78, 5) is 0. The highest BCUT2D eigenvalue weighted by atomic mass is 15.2. The molecule has 2 unspecified atom stereocenters. The first-order chi connectivity index (χ1) is 4.52. The number of rotatable bonds is 0. The Balaban J connectivity index is 2.60. The van der Waals surface area contributed by atoms with Crippen LogP contribution in [0.3, 0.4) is 0 Å². The zero-order valence-electron chi connectivity index (χ0n) is 7.26. The fourth-order valence-electron chi connectivity index (χ4n) is 1.49. The second-order valence-electron chi connectivity index (χ2n) is 4.15. The number of nitrogens with zero attached hydrogens (tertiary/aromatic N) is 2. The van der Waals surface area contributed by atoms with Gasteiger partial charge < -0.3 is 0 Å². The molecule has 0 aromatic carbocycles. The SMILES string of the molecule is CC1N=NCC1C(C)(C)C. The molecule has 0 aromatic rings. The number of azo groups is 1. The van der Waals surface area contributed by atoms with E-state index in [1.165, 1.54) is 0 Å². The molecule has 0 aliphatic carbocycles. The lowest BCUT2D eigenvalue weighted by atomic mass is 9.78. The molecule has 58 valence electrons. The van der Waals surface area contributed by atoms with Crippen molar-refractivity contribution in [2.75, 3.05) is 6.54 Å². The monoisotopic (exact) mass is 140 g/mol. The van der Waals surface area contributed by atoms with E-state index in [0.717, 1.165) is 6.54 Å². The van der Waals surface area contributed by atoms with Crippen LogP contribution >= 0.6 is 0 Å². The van der Waals surface area contributed by atoms with Gasteiger partial charge in [0.15, 0.2) is 0 Å². The van der Waals surface area contributed by atoms with Gasteiger partial charge in [-0.3, -0.25) is 0 Å². The highest BCUT2D eigenvalue weighted by Gasteiger charge is 2.32. The largest absolute Gasteiger partial charge is 0.194 e. The summed E-state index contributed by atoms with van der Waals surface area (Å²) in [5.74, 6) is 0.646. The van der Waals surface area contributed by atoms with Gasteiger partial charge in [0.25, 0.3) is 0 Å². The van der Waals surface area contributed by atoms with Crippen LogP contribution in [0, 0.1) is 11.3 Å². The average Bonchev–Trinajstić information content (AvgIpc) is 2.11. The Morgan fingerprint density at radius 1 is 1.30 bits per heavy atom. The summed E-state index contributed by atoms with van der Waals surface area (Å²) in [7, 11) is 0. The molecule has 0 amide bonds. The molecule has 0 aromatic heterocycles. The lowest BCUT2D eigenvalue weighted by Gasteiger charge is -2.27. The quantitative estimate of drug-likeness (QED) is 0.494. The van der Waals surface area contributed by atoms with E-state index in [2.05, 4.69) is 37.9 Å². The molecule has 1 aliphatic heterocycles. The predicted octanol–water partition coefficient (Wildman–Crippen LogP) is 2.50. The summed E-state index contributed by atoms with van der Waals surface area (Å²) in [6.45, 7) is 9.83. The van der Waals surface area contributed by atoms with Gasteiger partial charge in [-0.25, -0.2) is 0 Å². The Kier molecular flexibility index (Phi) is 1.80. The minimum atomic E-state index is 0.364. The van der Waals surface area contributed by atoms with Crippen LogP contribution in [0.2, 0.25) is 0 Å². The van der Waals surface area contributed by atoms with Crippen LogP contribution in [0.5, 0.6) is 0 Å². The smallest absolute Gasteiger partial charge is 0.0731 e. The summed E-state index contributed by atoms with van der Waals surface area (Å²) in [6, 6.07) is 0.431. The molecular formula is C8H16N2. The molecule has 0 saturated heterocycles. The first-order valence-corrected chi connectivity index (χ1v) is 3.88. The standard InChI is InChI=1S/C8H16N2/c1-6-7(5-9-10-6)8(2,3)4/h6-7H,5H2,1-4H3. The first kappa shape index (κ1) is 7.70. The molecule has 2 atom stereocenters. The topological polar surface area (TPSA) is 24.7 Å². The van der Waals surface area contributed by atoms with Crippen LogP contribution in [-0.2, 0) is 0 Å². The highest BCUT2D eigenvalue weighted by Crippen LogP contribution is 2.33.